The van der Waals surface area contributed by atoms with E-state index in [1.807, 2.05) is 6.08 Å². The van der Waals surface area contributed by atoms with Crippen LogP contribution in [-0.4, -0.2) is 11.6 Å². The summed E-state index contributed by atoms with van der Waals surface area (Å²) in [5.41, 5.74) is 1.60. The van der Waals surface area contributed by atoms with Crippen molar-refractivity contribution in [3.05, 3.63) is 11.6 Å². The Kier molecular flexibility index (Phi) is 2.74. The predicted molar refractivity (Wildman–Crippen MR) is 77.1 cm³/mol. The highest BCUT2D eigenvalue weighted by molar-refractivity contribution is 5.92. The quantitative estimate of drug-likeness (QED) is 0.674. The molecule has 0 bridgehead atoms. The molecule has 4 rings (SSSR count). The second-order valence-electron chi connectivity index (χ2n) is 7.85. The number of fused-ring (bicyclic) bond motifs is 5. The highest BCUT2D eigenvalue weighted by Crippen LogP contribution is 2.60. The van der Waals surface area contributed by atoms with Crippen molar-refractivity contribution in [1.29, 1.82) is 0 Å². The highest BCUT2D eigenvalue weighted by atomic mass is 16.1. The summed E-state index contributed by atoms with van der Waals surface area (Å²) in [7, 11) is 0. The minimum Gasteiger partial charge on any atom is -0.299 e. The first-order chi connectivity index (χ1) is 9.58. The van der Waals surface area contributed by atoms with E-state index in [2.05, 4.69) is 6.92 Å². The van der Waals surface area contributed by atoms with Crippen molar-refractivity contribution in [1.82, 2.24) is 0 Å². The van der Waals surface area contributed by atoms with Gasteiger partial charge < -0.3 is 0 Å². The molecule has 3 saturated carbocycles. The molecule has 0 N–H and O–H groups in total. The van der Waals surface area contributed by atoms with E-state index in [-0.39, 0.29) is 11.7 Å². The molecule has 4 aliphatic rings. The first kappa shape index (κ1) is 12.8. The zero-order valence-electron chi connectivity index (χ0n) is 12.4. The summed E-state index contributed by atoms with van der Waals surface area (Å²) in [4.78, 5) is 24.4. The fraction of sp³-hybridized carbons (Fsp3) is 0.778. The van der Waals surface area contributed by atoms with Crippen molar-refractivity contribution in [3.8, 4) is 0 Å². The largest absolute Gasteiger partial charge is 0.299 e. The van der Waals surface area contributed by atoms with Gasteiger partial charge in [0.25, 0.3) is 0 Å². The molecule has 0 aromatic rings. The van der Waals surface area contributed by atoms with Gasteiger partial charge in [0.15, 0.2) is 5.78 Å². The predicted octanol–water partition coefficient (Wildman–Crippen LogP) is 3.70. The number of ketones is 2. The molecule has 2 nitrogen and oxygen atoms in total. The number of allylic oxidation sites excluding steroid dienone is 1. The summed E-state index contributed by atoms with van der Waals surface area (Å²) >= 11 is 0. The van der Waals surface area contributed by atoms with Crippen LogP contribution in [0.2, 0.25) is 0 Å². The van der Waals surface area contributed by atoms with Gasteiger partial charge in [0, 0.05) is 18.8 Å². The molecule has 4 aliphatic carbocycles. The maximum absolute atomic E-state index is 12.8. The molecule has 0 unspecified atom stereocenters. The van der Waals surface area contributed by atoms with E-state index in [0.717, 1.165) is 31.6 Å². The molecule has 0 heterocycles. The lowest BCUT2D eigenvalue weighted by Crippen LogP contribution is -2.49. The van der Waals surface area contributed by atoms with Gasteiger partial charge >= 0.3 is 0 Å². The zero-order valence-corrected chi connectivity index (χ0v) is 12.4. The molecule has 0 spiro atoms. The molecular formula is C18H24O2. The monoisotopic (exact) mass is 272 g/mol. The lowest BCUT2D eigenvalue weighted by atomic mass is 9.52. The molecule has 2 heteroatoms. The van der Waals surface area contributed by atoms with Crippen LogP contribution in [0.15, 0.2) is 11.6 Å². The van der Waals surface area contributed by atoms with Crippen molar-refractivity contribution >= 4 is 11.6 Å². The van der Waals surface area contributed by atoms with Crippen LogP contribution in [-0.2, 0) is 9.59 Å². The summed E-state index contributed by atoms with van der Waals surface area (Å²) in [6.45, 7) is 2.36. The van der Waals surface area contributed by atoms with Gasteiger partial charge in [-0.25, -0.2) is 0 Å². The number of carbonyl (C=O) groups excluding carboxylic acids is 2. The Hall–Kier alpha value is -0.920. The maximum Gasteiger partial charge on any atom is 0.155 e. The van der Waals surface area contributed by atoms with Crippen molar-refractivity contribution in [2.45, 2.75) is 58.3 Å². The van der Waals surface area contributed by atoms with Crippen molar-refractivity contribution < 1.29 is 9.59 Å². The van der Waals surface area contributed by atoms with Gasteiger partial charge in [0.1, 0.15) is 5.78 Å². The molecule has 0 aromatic heterocycles. The molecule has 0 saturated heterocycles. The van der Waals surface area contributed by atoms with Gasteiger partial charge in [-0.2, -0.15) is 0 Å². The fourth-order valence-electron chi connectivity index (χ4n) is 5.99. The standard InChI is InChI=1S/C18H24O2/c1-18-8-2-3-15(18)14-6-4-11-9-12(19)5-7-13(11)17(14)16(20)10-18/h9,13-15,17H,2-8,10H2,1H3/t13-,14-,15-,17+,18-/m0/s1. The third-order valence-corrected chi connectivity index (χ3v) is 6.81. The minimum absolute atomic E-state index is 0.249. The molecule has 0 aliphatic heterocycles. The van der Waals surface area contributed by atoms with Crippen LogP contribution in [0.1, 0.15) is 58.3 Å². The molecular weight excluding hydrogens is 248 g/mol. The van der Waals surface area contributed by atoms with E-state index in [9.17, 15) is 9.59 Å². The molecule has 20 heavy (non-hydrogen) atoms. The zero-order chi connectivity index (χ0) is 13.9. The number of Topliss-reactive ketones (excluding diaryl/α,β-unsaturated/α-hetero) is 1. The number of rotatable bonds is 0. The topological polar surface area (TPSA) is 34.1 Å². The van der Waals surface area contributed by atoms with E-state index in [1.54, 1.807) is 0 Å². The lowest BCUT2D eigenvalue weighted by molar-refractivity contribution is -0.139. The summed E-state index contributed by atoms with van der Waals surface area (Å²) in [5.74, 6) is 2.83. The molecule has 0 aromatic carbocycles. The Morgan fingerprint density at radius 1 is 1.15 bits per heavy atom. The Morgan fingerprint density at radius 3 is 2.85 bits per heavy atom. The fourth-order valence-corrected chi connectivity index (χ4v) is 5.99. The summed E-state index contributed by atoms with van der Waals surface area (Å²) in [5, 5.41) is 0. The number of carbonyl (C=O) groups is 2. The molecule has 0 radical (unpaired) electrons. The summed E-state index contributed by atoms with van der Waals surface area (Å²) in [6, 6.07) is 0. The van der Waals surface area contributed by atoms with Crippen LogP contribution in [0.5, 0.6) is 0 Å². The van der Waals surface area contributed by atoms with Crippen LogP contribution in [0.3, 0.4) is 0 Å². The van der Waals surface area contributed by atoms with Crippen molar-refractivity contribution in [2.75, 3.05) is 0 Å². The average molecular weight is 272 g/mol. The summed E-state index contributed by atoms with van der Waals surface area (Å²) < 4.78 is 0. The second-order valence-corrected chi connectivity index (χ2v) is 7.85. The van der Waals surface area contributed by atoms with Gasteiger partial charge in [0.05, 0.1) is 0 Å². The van der Waals surface area contributed by atoms with Crippen molar-refractivity contribution in [3.63, 3.8) is 0 Å². The van der Waals surface area contributed by atoms with Crippen molar-refractivity contribution in [2.24, 2.45) is 29.1 Å². The Bertz CT molecular complexity index is 504. The second kappa shape index (κ2) is 4.29. The highest BCUT2D eigenvalue weighted by Gasteiger charge is 2.55. The number of hydrogen-bond acceptors (Lipinski definition) is 2. The van der Waals surface area contributed by atoms with E-state index >= 15 is 0 Å². The van der Waals surface area contributed by atoms with Gasteiger partial charge in [-0.15, -0.1) is 0 Å². The van der Waals surface area contributed by atoms with E-state index < -0.39 is 0 Å². The Balaban J connectivity index is 1.70. The van der Waals surface area contributed by atoms with Crippen LogP contribution < -0.4 is 0 Å². The number of hydrogen-bond donors (Lipinski definition) is 0. The molecule has 3 fully saturated rings. The average Bonchev–Trinajstić information content (AvgIpc) is 2.79. The van der Waals surface area contributed by atoms with E-state index in [1.165, 1.54) is 24.8 Å². The van der Waals surface area contributed by atoms with Gasteiger partial charge in [-0.1, -0.05) is 18.9 Å². The Morgan fingerprint density at radius 2 is 2.00 bits per heavy atom. The molecule has 0 amide bonds. The smallest absolute Gasteiger partial charge is 0.155 e. The van der Waals surface area contributed by atoms with Crippen LogP contribution in [0, 0.1) is 29.1 Å². The first-order valence-electron chi connectivity index (χ1n) is 8.34. The summed E-state index contributed by atoms with van der Waals surface area (Å²) in [6.07, 6.45) is 10.4. The van der Waals surface area contributed by atoms with E-state index in [0.29, 0.717) is 29.5 Å². The minimum atomic E-state index is 0.249. The van der Waals surface area contributed by atoms with Gasteiger partial charge in [0.2, 0.25) is 0 Å². The SMILES string of the molecule is C[C@@]12CCC[C@H]1[C@@H]1CCC3=CC(=O)CC[C@@H]3[C@H]1C(=O)C2. The Labute approximate surface area is 121 Å². The van der Waals surface area contributed by atoms with E-state index in [4.69, 9.17) is 0 Å². The first-order valence-corrected chi connectivity index (χ1v) is 8.34. The van der Waals surface area contributed by atoms with Gasteiger partial charge in [-0.05, 0) is 61.3 Å². The normalized spacial score (nSPS) is 47.4. The third-order valence-electron chi connectivity index (χ3n) is 6.81. The van der Waals surface area contributed by atoms with Crippen LogP contribution in [0.25, 0.3) is 0 Å². The maximum atomic E-state index is 12.8. The van der Waals surface area contributed by atoms with Gasteiger partial charge in [-0.3, -0.25) is 9.59 Å². The molecule has 5 atom stereocenters. The third kappa shape index (κ3) is 1.69. The van der Waals surface area contributed by atoms with Crippen LogP contribution in [0.4, 0.5) is 0 Å². The van der Waals surface area contributed by atoms with Crippen LogP contribution >= 0.6 is 0 Å². The molecule has 108 valence electrons. The lowest BCUT2D eigenvalue weighted by Gasteiger charge is -2.51.